The predicted molar refractivity (Wildman–Crippen MR) is 35.1 cm³/mol. The Morgan fingerprint density at radius 3 is 2.20 bits per heavy atom. The van der Waals surface area contributed by atoms with Gasteiger partial charge in [0.15, 0.2) is 0 Å². The summed E-state index contributed by atoms with van der Waals surface area (Å²) in [6.07, 6.45) is -3.61. The molecule has 0 saturated heterocycles. The summed E-state index contributed by atoms with van der Waals surface area (Å²) < 4.78 is 35.0. The number of hydrogen-bond acceptors (Lipinski definition) is 0. The molecule has 0 amide bonds. The molecule has 0 aliphatic heterocycles. The van der Waals surface area contributed by atoms with Crippen LogP contribution in [0, 0.1) is 0 Å². The van der Waals surface area contributed by atoms with Gasteiger partial charge in [0.2, 0.25) is 0 Å². The first-order valence-corrected chi connectivity index (χ1v) is 4.64. The van der Waals surface area contributed by atoms with E-state index in [4.69, 9.17) is 0 Å². The summed E-state index contributed by atoms with van der Waals surface area (Å²) in [5.41, 5.74) is 0. The number of alkyl halides is 3. The molecule has 0 aromatic heterocycles. The molecule has 1 unspecified atom stereocenters. The quantitative estimate of drug-likeness (QED) is 0.626. The van der Waals surface area contributed by atoms with Crippen LogP contribution in [0.3, 0.4) is 0 Å². The molecule has 4 heteroatoms. The van der Waals surface area contributed by atoms with Gasteiger partial charge in [-0.2, -0.15) is 0 Å². The molecule has 0 N–H and O–H groups in total. The van der Waals surface area contributed by atoms with Gasteiger partial charge in [-0.05, 0) is 0 Å². The Morgan fingerprint density at radius 2 is 1.90 bits per heavy atom. The first kappa shape index (κ1) is 10.4. The normalized spacial score (nSPS) is 15.2. The van der Waals surface area contributed by atoms with Gasteiger partial charge in [0.25, 0.3) is 0 Å². The Bertz CT molecular complexity index is 87.5. The summed E-state index contributed by atoms with van der Waals surface area (Å²) in [7, 11) is 0. The Labute approximate surface area is 69.1 Å². The molecule has 0 aliphatic carbocycles. The molecule has 0 saturated carbocycles. The molecule has 0 fully saturated rings. The molecule has 0 rings (SSSR count). The van der Waals surface area contributed by atoms with Crippen LogP contribution in [-0.2, 0) is 0 Å². The van der Waals surface area contributed by atoms with Gasteiger partial charge in [-0.3, -0.25) is 0 Å². The van der Waals surface area contributed by atoms with Crippen LogP contribution in [0.1, 0.15) is 26.2 Å². The monoisotopic (exact) mass is 208 g/mol. The molecule has 0 aliphatic rings. The Kier molecular flexibility index (Phi) is 4.52. The Hall–Kier alpha value is 0.426. The van der Waals surface area contributed by atoms with Crippen LogP contribution in [-0.4, -0.2) is 24.8 Å². The van der Waals surface area contributed by atoms with E-state index < -0.39 is 12.6 Å². The van der Waals surface area contributed by atoms with Gasteiger partial charge in [0.1, 0.15) is 0 Å². The minimum absolute atomic E-state index is 0.281. The van der Waals surface area contributed by atoms with Gasteiger partial charge in [-0.25, -0.2) is 0 Å². The van der Waals surface area contributed by atoms with Gasteiger partial charge < -0.3 is 0 Å². The fourth-order valence-corrected chi connectivity index (χ4v) is 1.12. The SMILES string of the molecule is C[CH]([Ga])CCCC(F)(F)F. The summed E-state index contributed by atoms with van der Waals surface area (Å²) >= 11 is 1.51. The van der Waals surface area contributed by atoms with Crippen LogP contribution >= 0.6 is 0 Å². The van der Waals surface area contributed by atoms with Gasteiger partial charge in [0.05, 0.1) is 0 Å². The van der Waals surface area contributed by atoms with E-state index in [0.29, 0.717) is 10.9 Å². The maximum atomic E-state index is 11.5. The summed E-state index contributed by atoms with van der Waals surface area (Å²) in [6.45, 7) is 1.95. The van der Waals surface area contributed by atoms with Crippen molar-refractivity contribution < 1.29 is 13.2 Å². The third-order valence-electron chi connectivity index (χ3n) is 1.12. The molecule has 0 spiro atoms. The summed E-state index contributed by atoms with van der Waals surface area (Å²) in [4.78, 5) is 0. The van der Waals surface area contributed by atoms with Crippen molar-refractivity contribution >= 4 is 18.6 Å². The zero-order valence-electron chi connectivity index (χ0n) is 5.91. The van der Waals surface area contributed by atoms with E-state index in [-0.39, 0.29) is 6.42 Å². The molecule has 10 heavy (non-hydrogen) atoms. The average Bonchev–Trinajstić information content (AvgIpc) is 1.59. The minimum atomic E-state index is -3.96. The molecule has 0 aromatic rings. The molecular formula is C6H10F3Ga. The van der Waals surface area contributed by atoms with Crippen molar-refractivity contribution in [3.63, 3.8) is 0 Å². The molecule has 58 valence electrons. The molecule has 0 bridgehead atoms. The van der Waals surface area contributed by atoms with Gasteiger partial charge >= 0.3 is 68.6 Å². The molecular weight excluding hydrogens is 199 g/mol. The van der Waals surface area contributed by atoms with Gasteiger partial charge in [-0.15, -0.1) is 0 Å². The maximum absolute atomic E-state index is 11.5. The zero-order valence-corrected chi connectivity index (χ0v) is 8.33. The second-order valence-electron chi connectivity index (χ2n) is 2.48. The van der Waals surface area contributed by atoms with Crippen molar-refractivity contribution in [1.82, 2.24) is 0 Å². The molecule has 1 atom stereocenters. The van der Waals surface area contributed by atoms with Crippen LogP contribution in [0.4, 0.5) is 13.2 Å². The second-order valence-corrected chi connectivity index (χ2v) is 4.87. The fourth-order valence-electron chi connectivity index (χ4n) is 0.624. The number of halogens is 3. The van der Waals surface area contributed by atoms with E-state index in [2.05, 4.69) is 0 Å². The predicted octanol–water partition coefficient (Wildman–Crippen LogP) is 2.70. The van der Waals surface area contributed by atoms with Crippen LogP contribution in [0.5, 0.6) is 0 Å². The number of hydrogen-bond donors (Lipinski definition) is 0. The molecule has 0 aromatic carbocycles. The van der Waals surface area contributed by atoms with Crippen molar-refractivity contribution in [1.29, 1.82) is 0 Å². The van der Waals surface area contributed by atoms with E-state index >= 15 is 0 Å². The van der Waals surface area contributed by atoms with Gasteiger partial charge in [-0.1, -0.05) is 0 Å². The van der Waals surface area contributed by atoms with Crippen molar-refractivity contribution in [3.05, 3.63) is 0 Å². The van der Waals surface area contributed by atoms with Crippen molar-refractivity contribution in [2.75, 3.05) is 0 Å². The molecule has 0 heterocycles. The zero-order chi connectivity index (χ0) is 8.20. The number of rotatable bonds is 3. The van der Waals surface area contributed by atoms with Crippen LogP contribution in [0.2, 0.25) is 4.47 Å². The molecule has 2 radical (unpaired) electrons. The van der Waals surface area contributed by atoms with E-state index in [1.54, 1.807) is 0 Å². The second kappa shape index (κ2) is 4.33. The van der Waals surface area contributed by atoms with Crippen molar-refractivity contribution in [3.8, 4) is 0 Å². The third-order valence-corrected chi connectivity index (χ3v) is 1.82. The summed E-state index contributed by atoms with van der Waals surface area (Å²) in [5, 5.41) is 0. The van der Waals surface area contributed by atoms with Crippen LogP contribution < -0.4 is 0 Å². The fraction of sp³-hybridized carbons (Fsp3) is 1.00. The topological polar surface area (TPSA) is 0 Å². The first-order chi connectivity index (χ1) is 4.42. The van der Waals surface area contributed by atoms with E-state index in [9.17, 15) is 13.2 Å². The summed E-state index contributed by atoms with van der Waals surface area (Å²) in [5.74, 6) is 0. The Morgan fingerprint density at radius 1 is 1.40 bits per heavy atom. The van der Waals surface area contributed by atoms with E-state index in [1.807, 2.05) is 6.92 Å². The standard InChI is InChI=1S/C6H10F3.Ga/c1-2-3-4-5-6(7,8)9;/h2H,3-5H2,1H3;. The van der Waals surface area contributed by atoms with Crippen molar-refractivity contribution in [2.45, 2.75) is 36.8 Å². The van der Waals surface area contributed by atoms with E-state index in [1.165, 1.54) is 18.6 Å². The summed E-state index contributed by atoms with van der Waals surface area (Å²) in [6, 6.07) is 0. The first-order valence-electron chi connectivity index (χ1n) is 3.24. The van der Waals surface area contributed by atoms with Crippen LogP contribution in [0.25, 0.3) is 0 Å². The van der Waals surface area contributed by atoms with E-state index in [0.717, 1.165) is 0 Å². The average molecular weight is 209 g/mol. The third kappa shape index (κ3) is 8.43. The van der Waals surface area contributed by atoms with Crippen molar-refractivity contribution in [2.24, 2.45) is 0 Å². The van der Waals surface area contributed by atoms with Crippen LogP contribution in [0.15, 0.2) is 0 Å². The van der Waals surface area contributed by atoms with Gasteiger partial charge in [0, 0.05) is 0 Å². The Balaban J connectivity index is 3.21. The molecule has 0 nitrogen and oxygen atoms in total.